The van der Waals surface area contributed by atoms with Crippen molar-refractivity contribution < 1.29 is 0 Å². The van der Waals surface area contributed by atoms with Crippen molar-refractivity contribution in [1.82, 2.24) is 9.36 Å². The van der Waals surface area contributed by atoms with E-state index in [1.165, 1.54) is 11.5 Å². The van der Waals surface area contributed by atoms with Gasteiger partial charge in [0.25, 0.3) is 0 Å². The first-order valence-corrected chi connectivity index (χ1v) is 6.79. The number of anilines is 1. The molecule has 0 aromatic carbocycles. The van der Waals surface area contributed by atoms with Crippen LogP contribution in [0.25, 0.3) is 0 Å². The molecule has 0 aliphatic carbocycles. The van der Waals surface area contributed by atoms with Gasteiger partial charge in [0.05, 0.1) is 0 Å². The van der Waals surface area contributed by atoms with Crippen molar-refractivity contribution in [2.24, 2.45) is 11.7 Å². The van der Waals surface area contributed by atoms with E-state index in [0.29, 0.717) is 5.92 Å². The fourth-order valence-electron chi connectivity index (χ4n) is 2.25. The summed E-state index contributed by atoms with van der Waals surface area (Å²) in [4.78, 5) is 6.86. The van der Waals surface area contributed by atoms with Gasteiger partial charge >= 0.3 is 0 Å². The Morgan fingerprint density at radius 1 is 1.50 bits per heavy atom. The highest BCUT2D eigenvalue weighted by Crippen LogP contribution is 2.24. The fourth-order valence-corrected chi connectivity index (χ4v) is 2.98. The number of rotatable bonds is 3. The predicted octanol–water partition coefficient (Wildman–Crippen LogP) is 1.66. The number of nitrogens with zero attached hydrogens (tertiary/aromatic N) is 3. The van der Waals surface area contributed by atoms with E-state index in [0.717, 1.165) is 43.3 Å². The minimum atomic E-state index is 0.280. The van der Waals surface area contributed by atoms with Crippen molar-refractivity contribution in [2.75, 3.05) is 18.0 Å². The second-order valence-corrected chi connectivity index (χ2v) is 5.48. The van der Waals surface area contributed by atoms with Crippen LogP contribution in [-0.2, 0) is 6.42 Å². The van der Waals surface area contributed by atoms with Crippen LogP contribution in [0.4, 0.5) is 5.13 Å². The van der Waals surface area contributed by atoms with Gasteiger partial charge in [0.15, 0.2) is 0 Å². The molecule has 0 bridgehead atoms. The molecule has 1 aliphatic rings. The molecule has 90 valence electrons. The zero-order valence-corrected chi connectivity index (χ0v) is 10.8. The topological polar surface area (TPSA) is 55.0 Å². The van der Waals surface area contributed by atoms with Gasteiger partial charge in [-0.2, -0.15) is 4.37 Å². The standard InChI is InChI=1S/C11H20N4S/c1-3-4-10-13-11(16-14-10)15-6-8(2)5-9(12)7-15/h8-9H,3-7,12H2,1-2H3. The lowest BCUT2D eigenvalue weighted by atomic mass is 9.97. The van der Waals surface area contributed by atoms with Crippen molar-refractivity contribution in [1.29, 1.82) is 0 Å². The highest BCUT2D eigenvalue weighted by molar-refractivity contribution is 7.09. The first-order chi connectivity index (χ1) is 7.69. The minimum Gasteiger partial charge on any atom is -0.345 e. The summed E-state index contributed by atoms with van der Waals surface area (Å²) in [7, 11) is 0. The monoisotopic (exact) mass is 240 g/mol. The third kappa shape index (κ3) is 2.71. The van der Waals surface area contributed by atoms with E-state index < -0.39 is 0 Å². The summed E-state index contributed by atoms with van der Waals surface area (Å²) in [5.74, 6) is 1.64. The van der Waals surface area contributed by atoms with Crippen molar-refractivity contribution in [3.63, 3.8) is 0 Å². The number of nitrogens with two attached hydrogens (primary N) is 1. The highest BCUT2D eigenvalue weighted by Gasteiger charge is 2.24. The quantitative estimate of drug-likeness (QED) is 0.873. The molecule has 1 fully saturated rings. The molecule has 1 aromatic heterocycles. The summed E-state index contributed by atoms with van der Waals surface area (Å²) >= 11 is 1.51. The molecule has 0 amide bonds. The van der Waals surface area contributed by atoms with Gasteiger partial charge in [0.1, 0.15) is 5.82 Å². The largest absolute Gasteiger partial charge is 0.345 e. The second kappa shape index (κ2) is 5.10. The Kier molecular flexibility index (Phi) is 3.76. The molecule has 1 saturated heterocycles. The lowest BCUT2D eigenvalue weighted by molar-refractivity contribution is 0.401. The summed E-state index contributed by atoms with van der Waals surface area (Å²) in [6.45, 7) is 6.39. The van der Waals surface area contributed by atoms with Gasteiger partial charge in [-0.1, -0.05) is 13.8 Å². The molecule has 2 heterocycles. The third-order valence-corrected chi connectivity index (χ3v) is 3.71. The van der Waals surface area contributed by atoms with E-state index in [9.17, 15) is 0 Å². The maximum absolute atomic E-state index is 6.03. The van der Waals surface area contributed by atoms with Crippen LogP contribution in [0.15, 0.2) is 0 Å². The molecule has 0 radical (unpaired) electrons. The summed E-state index contributed by atoms with van der Waals surface area (Å²) in [5.41, 5.74) is 6.03. The molecule has 2 N–H and O–H groups in total. The number of hydrogen-bond donors (Lipinski definition) is 1. The van der Waals surface area contributed by atoms with Crippen LogP contribution < -0.4 is 10.6 Å². The summed E-state index contributed by atoms with van der Waals surface area (Å²) in [6.07, 6.45) is 3.20. The maximum Gasteiger partial charge on any atom is 0.205 e. The first-order valence-electron chi connectivity index (χ1n) is 6.02. The van der Waals surface area contributed by atoms with Crippen LogP contribution in [0.2, 0.25) is 0 Å². The number of aromatic nitrogens is 2. The van der Waals surface area contributed by atoms with E-state index in [4.69, 9.17) is 5.73 Å². The van der Waals surface area contributed by atoms with Crippen molar-refractivity contribution in [3.05, 3.63) is 5.82 Å². The first kappa shape index (κ1) is 11.8. The van der Waals surface area contributed by atoms with Crippen LogP contribution in [0.5, 0.6) is 0 Å². The van der Waals surface area contributed by atoms with Gasteiger partial charge in [0.2, 0.25) is 5.13 Å². The molecule has 1 aliphatic heterocycles. The van der Waals surface area contributed by atoms with E-state index in [1.807, 2.05) is 0 Å². The SMILES string of the molecule is CCCc1nsc(N2CC(C)CC(N)C2)n1. The van der Waals surface area contributed by atoms with Gasteiger partial charge in [-0.05, 0) is 18.8 Å². The fraction of sp³-hybridized carbons (Fsp3) is 0.818. The average molecular weight is 240 g/mol. The zero-order chi connectivity index (χ0) is 11.5. The number of hydrogen-bond acceptors (Lipinski definition) is 5. The van der Waals surface area contributed by atoms with Gasteiger partial charge < -0.3 is 10.6 Å². The molecule has 2 atom stereocenters. The molecule has 0 saturated carbocycles. The molecule has 16 heavy (non-hydrogen) atoms. The van der Waals surface area contributed by atoms with Gasteiger partial charge in [-0.25, -0.2) is 4.98 Å². The molecule has 1 aromatic rings. The molecule has 2 unspecified atom stereocenters. The summed E-state index contributed by atoms with van der Waals surface area (Å²) in [5, 5.41) is 1.05. The van der Waals surface area contributed by atoms with Crippen molar-refractivity contribution in [2.45, 2.75) is 39.2 Å². The Morgan fingerprint density at radius 2 is 2.31 bits per heavy atom. The van der Waals surface area contributed by atoms with E-state index in [-0.39, 0.29) is 6.04 Å². The van der Waals surface area contributed by atoms with Crippen molar-refractivity contribution in [3.8, 4) is 0 Å². The molecule has 4 nitrogen and oxygen atoms in total. The highest BCUT2D eigenvalue weighted by atomic mass is 32.1. The maximum atomic E-state index is 6.03. The van der Waals surface area contributed by atoms with Crippen LogP contribution in [-0.4, -0.2) is 28.5 Å². The Morgan fingerprint density at radius 3 is 3.00 bits per heavy atom. The normalized spacial score (nSPS) is 26.1. The average Bonchev–Trinajstić information content (AvgIpc) is 2.65. The van der Waals surface area contributed by atoms with Crippen LogP contribution >= 0.6 is 11.5 Å². The third-order valence-electron chi connectivity index (χ3n) is 2.89. The Hall–Kier alpha value is -0.680. The second-order valence-electron chi connectivity index (χ2n) is 4.75. The Bertz CT molecular complexity index is 328. The van der Waals surface area contributed by atoms with Crippen LogP contribution in [0.3, 0.4) is 0 Å². The van der Waals surface area contributed by atoms with Gasteiger partial charge in [-0.3, -0.25) is 0 Å². The van der Waals surface area contributed by atoms with Crippen molar-refractivity contribution >= 4 is 16.7 Å². The molecule has 2 rings (SSSR count). The molecular weight excluding hydrogens is 220 g/mol. The Labute approximate surface area is 101 Å². The minimum absolute atomic E-state index is 0.280. The van der Waals surface area contributed by atoms with E-state index in [1.54, 1.807) is 0 Å². The van der Waals surface area contributed by atoms with Gasteiger partial charge in [0, 0.05) is 37.1 Å². The number of piperidine rings is 1. The molecular formula is C11H20N4S. The number of aryl methyl sites for hydroxylation is 1. The summed E-state index contributed by atoms with van der Waals surface area (Å²) < 4.78 is 4.38. The lowest BCUT2D eigenvalue weighted by Crippen LogP contribution is -2.46. The van der Waals surface area contributed by atoms with E-state index in [2.05, 4.69) is 28.1 Å². The molecule has 5 heteroatoms. The van der Waals surface area contributed by atoms with E-state index >= 15 is 0 Å². The molecule has 0 spiro atoms. The Balaban J connectivity index is 2.04. The van der Waals surface area contributed by atoms with Gasteiger partial charge in [-0.15, -0.1) is 0 Å². The smallest absolute Gasteiger partial charge is 0.205 e. The van der Waals surface area contributed by atoms with Crippen LogP contribution in [0, 0.1) is 5.92 Å². The van der Waals surface area contributed by atoms with Crippen LogP contribution in [0.1, 0.15) is 32.5 Å². The lowest BCUT2D eigenvalue weighted by Gasteiger charge is -2.34. The summed E-state index contributed by atoms with van der Waals surface area (Å²) in [6, 6.07) is 0.280. The zero-order valence-electron chi connectivity index (χ0n) is 10.0. The predicted molar refractivity (Wildman–Crippen MR) is 67.9 cm³/mol.